The van der Waals surface area contributed by atoms with Gasteiger partial charge in [-0.3, -0.25) is 4.79 Å². The Balaban J connectivity index is 1.28. The third kappa shape index (κ3) is 3.96. The molecule has 4 aromatic carbocycles. The van der Waals surface area contributed by atoms with Gasteiger partial charge in [0.1, 0.15) is 6.10 Å². The van der Waals surface area contributed by atoms with Crippen molar-refractivity contribution in [2.24, 2.45) is 0 Å². The number of carbonyl (C=O) groups is 1. The molecule has 0 aromatic heterocycles. The fraction of sp³-hybridized carbons (Fsp3) is 0.414. The van der Waals surface area contributed by atoms with Gasteiger partial charge in [0.2, 0.25) is 0 Å². The highest BCUT2D eigenvalue weighted by Crippen LogP contribution is 2.39. The molecule has 0 saturated carbocycles. The van der Waals surface area contributed by atoms with Crippen molar-refractivity contribution in [3.05, 3.63) is 65.4 Å². The molecule has 0 unspecified atom stereocenters. The summed E-state index contributed by atoms with van der Waals surface area (Å²) < 4.78 is 5.82. The summed E-state index contributed by atoms with van der Waals surface area (Å²) in [6.45, 7) is 7.71. The van der Waals surface area contributed by atoms with Crippen molar-refractivity contribution in [2.45, 2.75) is 77.0 Å². The van der Waals surface area contributed by atoms with E-state index in [9.17, 15) is 10.0 Å². The van der Waals surface area contributed by atoms with Gasteiger partial charge in [0, 0.05) is 30.3 Å². The number of piperidine rings is 1. The molecule has 1 heterocycles. The highest BCUT2D eigenvalue weighted by Gasteiger charge is 2.41. The van der Waals surface area contributed by atoms with Gasteiger partial charge in [0.25, 0.3) is 0 Å². The average molecular weight is 443 g/mol. The van der Waals surface area contributed by atoms with Crippen LogP contribution in [0.25, 0.3) is 32.3 Å². The minimum Gasteiger partial charge on any atom is -0.784 e. The molecule has 0 N–H and O–H groups in total. The van der Waals surface area contributed by atoms with Gasteiger partial charge in [-0.1, -0.05) is 54.6 Å². The van der Waals surface area contributed by atoms with Crippen LogP contribution in [-0.2, 0) is 16.0 Å². The van der Waals surface area contributed by atoms with E-state index in [-0.39, 0.29) is 12.1 Å². The van der Waals surface area contributed by atoms with Crippen LogP contribution in [0.5, 0.6) is 0 Å². The largest absolute Gasteiger partial charge is 0.784 e. The van der Waals surface area contributed by atoms with Gasteiger partial charge in [-0.05, 0) is 78.4 Å². The minimum atomic E-state index is -0.533. The number of hydrogen-bond acceptors (Lipinski definition) is 4. The molecule has 1 aliphatic rings. The third-order valence-electron chi connectivity index (χ3n) is 7.30. The molecule has 1 saturated heterocycles. The first-order chi connectivity index (χ1) is 15.7. The second-order valence-electron chi connectivity index (χ2n) is 10.9. The van der Waals surface area contributed by atoms with Crippen LogP contribution >= 0.6 is 0 Å². The van der Waals surface area contributed by atoms with Crippen molar-refractivity contribution in [3.8, 4) is 0 Å². The van der Waals surface area contributed by atoms with Gasteiger partial charge in [-0.15, -0.1) is 0 Å². The monoisotopic (exact) mass is 442 g/mol. The zero-order chi connectivity index (χ0) is 23.4. The number of rotatable bonds is 5. The van der Waals surface area contributed by atoms with Crippen LogP contribution in [0.3, 0.4) is 0 Å². The topological polar surface area (TPSA) is 52.6 Å². The van der Waals surface area contributed by atoms with E-state index in [2.05, 4.69) is 54.6 Å². The van der Waals surface area contributed by atoms with E-state index in [1.807, 2.05) is 27.7 Å². The Morgan fingerprint density at radius 2 is 1.48 bits per heavy atom. The smallest absolute Gasteiger partial charge is 0.306 e. The van der Waals surface area contributed by atoms with Crippen molar-refractivity contribution in [2.75, 3.05) is 0 Å². The number of carbonyl (C=O) groups excluding carboxylic acids is 1. The molecule has 33 heavy (non-hydrogen) atoms. The van der Waals surface area contributed by atoms with Crippen molar-refractivity contribution in [1.29, 1.82) is 0 Å². The van der Waals surface area contributed by atoms with Gasteiger partial charge in [-0.2, -0.15) is 0 Å². The average Bonchev–Trinajstić information content (AvgIpc) is 2.76. The molecule has 0 amide bonds. The fourth-order valence-electron chi connectivity index (χ4n) is 5.94. The van der Waals surface area contributed by atoms with Gasteiger partial charge in [0.15, 0.2) is 0 Å². The Morgan fingerprint density at radius 3 is 2.15 bits per heavy atom. The van der Waals surface area contributed by atoms with Gasteiger partial charge < -0.3 is 15.0 Å². The van der Waals surface area contributed by atoms with Crippen molar-refractivity contribution < 1.29 is 9.53 Å². The molecule has 4 heteroatoms. The number of ether oxygens (including phenoxy) is 1. The maximum atomic E-state index is 12.6. The molecule has 0 aliphatic carbocycles. The maximum absolute atomic E-state index is 12.6. The molecule has 4 aromatic rings. The van der Waals surface area contributed by atoms with Gasteiger partial charge in [-0.25, -0.2) is 0 Å². The Morgan fingerprint density at radius 1 is 0.909 bits per heavy atom. The first-order valence-electron chi connectivity index (χ1n) is 12.0. The summed E-state index contributed by atoms with van der Waals surface area (Å²) in [5.41, 5.74) is 0.207. The molecule has 4 nitrogen and oxygen atoms in total. The quantitative estimate of drug-likeness (QED) is 0.247. The van der Waals surface area contributed by atoms with Crippen LogP contribution in [0.4, 0.5) is 0 Å². The number of hydroxylamine groups is 2. The second-order valence-corrected chi connectivity index (χ2v) is 10.9. The van der Waals surface area contributed by atoms with E-state index in [1.165, 1.54) is 37.9 Å². The lowest BCUT2D eigenvalue weighted by atomic mass is 9.80. The first kappa shape index (κ1) is 22.1. The Hall–Kier alpha value is -2.69. The SMILES string of the molecule is CC1(C)CC(OC(=O)CCCc2ccc3ccc4cccc5ccc2c3c45)CC(C)(C)N1[O-]. The Bertz CT molecular complexity index is 1290. The van der Waals surface area contributed by atoms with Crippen LogP contribution < -0.4 is 0 Å². The number of aryl methyl sites for hydroxylation is 1. The predicted octanol–water partition coefficient (Wildman–Crippen LogP) is 6.97. The number of benzene rings is 4. The number of nitrogens with zero attached hydrogens (tertiary/aromatic N) is 1. The van der Waals surface area contributed by atoms with Gasteiger partial charge >= 0.3 is 5.97 Å². The highest BCUT2D eigenvalue weighted by atomic mass is 16.5. The molecule has 0 atom stereocenters. The normalized spacial score (nSPS) is 18.9. The van der Waals surface area contributed by atoms with Gasteiger partial charge in [0.05, 0.1) is 0 Å². The first-order valence-corrected chi connectivity index (χ1v) is 12.0. The molecule has 1 aliphatic heterocycles. The summed E-state index contributed by atoms with van der Waals surface area (Å²) >= 11 is 0. The standard InChI is InChI=1S/C29H32NO3/c1-28(2)17-23(18-29(3,4)30(28)32)33-25(31)10-6-7-19-11-12-22-14-13-20-8-5-9-21-15-16-24(19)27(22)26(20)21/h5,8-9,11-16,23H,6-7,10,17-18H2,1-4H3/q-1. The van der Waals surface area contributed by atoms with E-state index >= 15 is 0 Å². The van der Waals surface area contributed by atoms with E-state index < -0.39 is 11.1 Å². The highest BCUT2D eigenvalue weighted by molar-refractivity contribution is 6.23. The summed E-state index contributed by atoms with van der Waals surface area (Å²) in [6.07, 6.45) is 2.90. The van der Waals surface area contributed by atoms with Crippen LogP contribution in [-0.4, -0.2) is 28.2 Å². The van der Waals surface area contributed by atoms with Crippen molar-refractivity contribution in [3.63, 3.8) is 0 Å². The zero-order valence-corrected chi connectivity index (χ0v) is 20.0. The lowest BCUT2D eigenvalue weighted by molar-refractivity contribution is -0.157. The molecular formula is C29H32NO3-. The molecule has 1 fully saturated rings. The van der Waals surface area contributed by atoms with Crippen LogP contribution in [0, 0.1) is 5.21 Å². The molecular weight excluding hydrogens is 410 g/mol. The molecule has 5 rings (SSSR count). The molecule has 0 bridgehead atoms. The zero-order valence-electron chi connectivity index (χ0n) is 20.0. The van der Waals surface area contributed by atoms with Crippen molar-refractivity contribution in [1.82, 2.24) is 5.06 Å². The van der Waals surface area contributed by atoms with E-state index in [0.29, 0.717) is 19.3 Å². The Labute approximate surface area is 195 Å². The van der Waals surface area contributed by atoms with E-state index in [1.54, 1.807) is 0 Å². The minimum absolute atomic E-state index is 0.163. The molecule has 0 radical (unpaired) electrons. The van der Waals surface area contributed by atoms with E-state index in [4.69, 9.17) is 4.74 Å². The second kappa shape index (κ2) is 7.96. The fourth-order valence-corrected chi connectivity index (χ4v) is 5.94. The van der Waals surface area contributed by atoms with Crippen LogP contribution in [0.1, 0.15) is 58.9 Å². The summed E-state index contributed by atoms with van der Waals surface area (Å²) in [5, 5.41) is 21.4. The lowest BCUT2D eigenvalue weighted by Crippen LogP contribution is -2.59. The summed E-state index contributed by atoms with van der Waals surface area (Å²) in [5.74, 6) is -0.163. The summed E-state index contributed by atoms with van der Waals surface area (Å²) in [7, 11) is 0. The maximum Gasteiger partial charge on any atom is 0.306 e. The van der Waals surface area contributed by atoms with Crippen LogP contribution in [0.2, 0.25) is 0 Å². The Kier molecular flexibility index (Phi) is 5.34. The van der Waals surface area contributed by atoms with E-state index in [0.717, 1.165) is 17.9 Å². The lowest BCUT2D eigenvalue weighted by Gasteiger charge is -2.59. The summed E-state index contributed by atoms with van der Waals surface area (Å²) in [6, 6.07) is 19.7. The van der Waals surface area contributed by atoms with Crippen molar-refractivity contribution >= 4 is 38.3 Å². The number of esters is 1. The van der Waals surface area contributed by atoms with Crippen LogP contribution in [0.15, 0.2) is 54.6 Å². The molecule has 0 spiro atoms. The number of hydrogen-bond donors (Lipinski definition) is 0. The molecule has 172 valence electrons. The summed E-state index contributed by atoms with van der Waals surface area (Å²) in [4.78, 5) is 12.6. The third-order valence-corrected chi connectivity index (χ3v) is 7.30. The predicted molar refractivity (Wildman–Crippen MR) is 136 cm³/mol.